The molecule has 20 heavy (non-hydrogen) atoms. The summed E-state index contributed by atoms with van der Waals surface area (Å²) in [6.07, 6.45) is 0. The van der Waals surface area contributed by atoms with Crippen molar-refractivity contribution >= 4 is 38.3 Å². The van der Waals surface area contributed by atoms with Crippen molar-refractivity contribution in [2.24, 2.45) is 5.73 Å². The quantitative estimate of drug-likeness (QED) is 0.828. The zero-order chi connectivity index (χ0) is 14.7. The van der Waals surface area contributed by atoms with Crippen molar-refractivity contribution in [2.45, 2.75) is 10.6 Å². The molecule has 0 aliphatic carbocycles. The minimum Gasteiger partial charge on any atom is -0.399 e. The summed E-state index contributed by atoms with van der Waals surface area (Å²) in [5, 5.41) is 0. The van der Waals surface area contributed by atoms with Crippen molar-refractivity contribution in [3.05, 3.63) is 58.1 Å². The molecule has 1 unspecified atom stereocenters. The van der Waals surface area contributed by atoms with Crippen LogP contribution in [0.2, 0.25) is 0 Å². The molecule has 0 aliphatic heterocycles. The molecule has 0 heterocycles. The number of halogens is 1. The van der Waals surface area contributed by atoms with Crippen LogP contribution in [0.1, 0.15) is 15.9 Å². The monoisotopic (exact) mass is 352 g/mol. The highest BCUT2D eigenvalue weighted by atomic mass is 79.9. The number of primary amides is 1. The lowest BCUT2D eigenvalue weighted by Gasteiger charge is -2.06. The Labute approximate surface area is 127 Å². The van der Waals surface area contributed by atoms with Gasteiger partial charge < -0.3 is 11.5 Å². The first-order valence-electron chi connectivity index (χ1n) is 5.79. The number of rotatable bonds is 4. The molecule has 1 atom stereocenters. The maximum atomic E-state index is 12.3. The van der Waals surface area contributed by atoms with Crippen molar-refractivity contribution in [1.29, 1.82) is 0 Å². The average molecular weight is 353 g/mol. The topological polar surface area (TPSA) is 86.2 Å². The summed E-state index contributed by atoms with van der Waals surface area (Å²) in [6.45, 7) is 0. The number of hydrogen-bond donors (Lipinski definition) is 2. The molecule has 2 rings (SSSR count). The van der Waals surface area contributed by atoms with Gasteiger partial charge in [-0.2, -0.15) is 0 Å². The fraction of sp³-hybridized carbons (Fsp3) is 0.0714. The van der Waals surface area contributed by atoms with Crippen molar-refractivity contribution in [3.8, 4) is 0 Å². The molecule has 2 aromatic carbocycles. The molecule has 0 saturated carbocycles. The minimum absolute atomic E-state index is 0.363. The van der Waals surface area contributed by atoms with Crippen LogP contribution in [0.15, 0.2) is 51.8 Å². The number of carbonyl (C=O) groups is 1. The minimum atomic E-state index is -1.19. The lowest BCUT2D eigenvalue weighted by atomic mass is 10.1. The Balaban J connectivity index is 2.17. The SMILES string of the molecule is NC(=O)c1ccc(CS(=O)c2ccc(N)cc2Br)cc1. The van der Waals surface area contributed by atoms with E-state index in [1.807, 2.05) is 0 Å². The van der Waals surface area contributed by atoms with Crippen LogP contribution in [0.25, 0.3) is 0 Å². The number of anilines is 1. The van der Waals surface area contributed by atoms with Crippen LogP contribution < -0.4 is 11.5 Å². The predicted molar refractivity (Wildman–Crippen MR) is 83.6 cm³/mol. The van der Waals surface area contributed by atoms with E-state index in [4.69, 9.17) is 11.5 Å². The molecule has 0 spiro atoms. The van der Waals surface area contributed by atoms with Crippen LogP contribution in [0.5, 0.6) is 0 Å². The third kappa shape index (κ3) is 3.46. The Bertz CT molecular complexity index is 671. The van der Waals surface area contributed by atoms with Crippen molar-refractivity contribution in [2.75, 3.05) is 5.73 Å². The van der Waals surface area contributed by atoms with Gasteiger partial charge in [0.2, 0.25) is 5.91 Å². The Hall–Kier alpha value is -1.66. The highest BCUT2D eigenvalue weighted by Gasteiger charge is 2.10. The third-order valence-corrected chi connectivity index (χ3v) is 5.10. The first-order chi connectivity index (χ1) is 9.47. The zero-order valence-corrected chi connectivity index (χ0v) is 12.9. The first kappa shape index (κ1) is 14.7. The molecular weight excluding hydrogens is 340 g/mol. The van der Waals surface area contributed by atoms with Crippen LogP contribution in [0, 0.1) is 0 Å². The van der Waals surface area contributed by atoms with Gasteiger partial charge in [-0.3, -0.25) is 9.00 Å². The Morgan fingerprint density at radius 3 is 2.35 bits per heavy atom. The number of nitrogens with two attached hydrogens (primary N) is 2. The van der Waals surface area contributed by atoms with Crippen LogP contribution in [0.3, 0.4) is 0 Å². The Morgan fingerprint density at radius 1 is 1.15 bits per heavy atom. The zero-order valence-electron chi connectivity index (χ0n) is 10.5. The highest BCUT2D eigenvalue weighted by molar-refractivity contribution is 9.10. The molecule has 0 saturated heterocycles. The summed E-state index contributed by atoms with van der Waals surface area (Å²) < 4.78 is 13.0. The molecule has 104 valence electrons. The van der Waals surface area contributed by atoms with E-state index in [2.05, 4.69) is 15.9 Å². The maximum Gasteiger partial charge on any atom is 0.248 e. The smallest absolute Gasteiger partial charge is 0.248 e. The van der Waals surface area contributed by atoms with Crippen LogP contribution >= 0.6 is 15.9 Å². The van der Waals surface area contributed by atoms with Crippen molar-refractivity contribution in [1.82, 2.24) is 0 Å². The van der Waals surface area contributed by atoms with Gasteiger partial charge in [-0.1, -0.05) is 12.1 Å². The summed E-state index contributed by atoms with van der Waals surface area (Å²) in [6, 6.07) is 12.0. The Kier molecular flexibility index (Phi) is 4.57. The van der Waals surface area contributed by atoms with Crippen LogP contribution in [-0.2, 0) is 16.6 Å². The van der Waals surface area contributed by atoms with E-state index in [1.165, 1.54) is 0 Å². The summed E-state index contributed by atoms with van der Waals surface area (Å²) in [5.41, 5.74) is 12.8. The second kappa shape index (κ2) is 6.19. The van der Waals surface area contributed by atoms with Crippen LogP contribution in [-0.4, -0.2) is 10.1 Å². The van der Waals surface area contributed by atoms with Crippen molar-refractivity contribution < 1.29 is 9.00 Å². The second-order valence-electron chi connectivity index (χ2n) is 4.24. The number of hydrogen-bond acceptors (Lipinski definition) is 3. The number of amides is 1. The van der Waals surface area contributed by atoms with Gasteiger partial charge in [0.1, 0.15) is 0 Å². The predicted octanol–water partition coefficient (Wildman–Crippen LogP) is 2.44. The molecular formula is C14H13BrN2O2S. The van der Waals surface area contributed by atoms with E-state index < -0.39 is 16.7 Å². The molecule has 0 fully saturated rings. The lowest BCUT2D eigenvalue weighted by Crippen LogP contribution is -2.10. The highest BCUT2D eigenvalue weighted by Crippen LogP contribution is 2.24. The van der Waals surface area contributed by atoms with E-state index in [0.29, 0.717) is 21.9 Å². The van der Waals surface area contributed by atoms with E-state index in [-0.39, 0.29) is 0 Å². The Morgan fingerprint density at radius 2 is 1.80 bits per heavy atom. The maximum absolute atomic E-state index is 12.3. The summed E-state index contributed by atoms with van der Waals surface area (Å²) in [4.78, 5) is 11.7. The second-order valence-corrected chi connectivity index (χ2v) is 6.51. The number of carbonyl (C=O) groups excluding carboxylic acids is 1. The fourth-order valence-corrected chi connectivity index (χ4v) is 3.78. The largest absolute Gasteiger partial charge is 0.399 e. The van der Waals surface area contributed by atoms with E-state index in [0.717, 1.165) is 10.0 Å². The van der Waals surface area contributed by atoms with Gasteiger partial charge in [-0.15, -0.1) is 0 Å². The molecule has 1 amide bonds. The standard InChI is InChI=1S/C14H13BrN2O2S/c15-12-7-11(16)5-6-13(12)20(19)8-9-1-3-10(4-2-9)14(17)18/h1-7H,8,16H2,(H2,17,18). The van der Waals surface area contributed by atoms with E-state index >= 15 is 0 Å². The lowest BCUT2D eigenvalue weighted by molar-refractivity contribution is 0.100. The molecule has 6 heteroatoms. The molecule has 2 aromatic rings. The molecule has 0 bridgehead atoms. The van der Waals surface area contributed by atoms with Gasteiger partial charge in [0.15, 0.2) is 0 Å². The molecule has 0 aromatic heterocycles. The molecule has 0 radical (unpaired) electrons. The summed E-state index contributed by atoms with van der Waals surface area (Å²) in [5.74, 6) is -0.111. The van der Waals surface area contributed by atoms with Gasteiger partial charge in [0.25, 0.3) is 0 Å². The van der Waals surface area contributed by atoms with E-state index in [1.54, 1.807) is 42.5 Å². The fourth-order valence-electron chi connectivity index (χ4n) is 1.70. The number of benzene rings is 2. The van der Waals surface area contributed by atoms with E-state index in [9.17, 15) is 9.00 Å². The molecule has 4 nitrogen and oxygen atoms in total. The van der Waals surface area contributed by atoms with Gasteiger partial charge in [-0.05, 0) is 51.8 Å². The normalized spacial score (nSPS) is 12.1. The van der Waals surface area contributed by atoms with Gasteiger partial charge in [0, 0.05) is 15.7 Å². The third-order valence-electron chi connectivity index (χ3n) is 2.74. The molecule has 0 aliphatic rings. The first-order valence-corrected chi connectivity index (χ1v) is 7.90. The van der Waals surface area contributed by atoms with Gasteiger partial charge in [0.05, 0.1) is 21.4 Å². The average Bonchev–Trinajstić information content (AvgIpc) is 2.39. The summed E-state index contributed by atoms with van der Waals surface area (Å²) in [7, 11) is -1.19. The molecule has 4 N–H and O–H groups in total. The summed E-state index contributed by atoms with van der Waals surface area (Å²) >= 11 is 3.36. The van der Waals surface area contributed by atoms with Crippen molar-refractivity contribution in [3.63, 3.8) is 0 Å². The van der Waals surface area contributed by atoms with Crippen LogP contribution in [0.4, 0.5) is 5.69 Å². The number of nitrogen functional groups attached to an aromatic ring is 1. The van der Waals surface area contributed by atoms with Gasteiger partial charge >= 0.3 is 0 Å². The van der Waals surface area contributed by atoms with Gasteiger partial charge in [-0.25, -0.2) is 0 Å².